The van der Waals surface area contributed by atoms with Gasteiger partial charge in [0.25, 0.3) is 0 Å². The highest BCUT2D eigenvalue weighted by Gasteiger charge is 2.09. The highest BCUT2D eigenvalue weighted by molar-refractivity contribution is 7.92. The third-order valence-corrected chi connectivity index (χ3v) is 3.34. The van der Waals surface area contributed by atoms with Gasteiger partial charge in [-0.1, -0.05) is 6.07 Å². The van der Waals surface area contributed by atoms with Crippen LogP contribution in [0.5, 0.6) is 0 Å². The summed E-state index contributed by atoms with van der Waals surface area (Å²) in [4.78, 5) is 0. The maximum Gasteiger partial charge on any atom is 0.232 e. The lowest BCUT2D eigenvalue weighted by atomic mass is 10.3. The first-order valence-corrected chi connectivity index (χ1v) is 6.65. The third kappa shape index (κ3) is 4.59. The van der Waals surface area contributed by atoms with Gasteiger partial charge in [-0.3, -0.25) is 4.72 Å². The van der Waals surface area contributed by atoms with Crippen molar-refractivity contribution >= 4 is 15.7 Å². The van der Waals surface area contributed by atoms with Crippen LogP contribution in [0.25, 0.3) is 0 Å². The molecule has 0 aliphatic carbocycles. The molecular formula is C10H15FN2O2S. The second kappa shape index (κ2) is 5.81. The fraction of sp³-hybridized carbons (Fsp3) is 0.400. The molecule has 0 aliphatic heterocycles. The molecule has 0 spiro atoms. The highest BCUT2D eigenvalue weighted by atomic mass is 32.2. The van der Waals surface area contributed by atoms with E-state index in [4.69, 9.17) is 5.73 Å². The summed E-state index contributed by atoms with van der Waals surface area (Å²) in [7, 11) is -3.40. The summed E-state index contributed by atoms with van der Waals surface area (Å²) in [6.07, 6.45) is 1.16. The van der Waals surface area contributed by atoms with Crippen molar-refractivity contribution in [1.82, 2.24) is 0 Å². The van der Waals surface area contributed by atoms with Crippen LogP contribution in [-0.2, 0) is 10.0 Å². The summed E-state index contributed by atoms with van der Waals surface area (Å²) >= 11 is 0. The van der Waals surface area contributed by atoms with E-state index >= 15 is 0 Å². The van der Waals surface area contributed by atoms with Crippen molar-refractivity contribution < 1.29 is 12.8 Å². The molecule has 0 saturated carbocycles. The molecule has 0 radical (unpaired) electrons. The van der Waals surface area contributed by atoms with Gasteiger partial charge in [-0.2, -0.15) is 0 Å². The first kappa shape index (κ1) is 12.9. The molecule has 0 aromatic heterocycles. The molecule has 6 heteroatoms. The van der Waals surface area contributed by atoms with E-state index in [1.54, 1.807) is 0 Å². The number of hydrogen-bond acceptors (Lipinski definition) is 3. The molecule has 3 N–H and O–H groups in total. The summed E-state index contributed by atoms with van der Waals surface area (Å²) in [6, 6.07) is 5.35. The van der Waals surface area contributed by atoms with Crippen LogP contribution in [0.1, 0.15) is 12.8 Å². The Labute approximate surface area is 94.7 Å². The second-order valence-corrected chi connectivity index (χ2v) is 5.27. The van der Waals surface area contributed by atoms with Crippen molar-refractivity contribution in [2.45, 2.75) is 12.8 Å². The number of halogens is 1. The van der Waals surface area contributed by atoms with E-state index in [9.17, 15) is 12.8 Å². The first-order valence-electron chi connectivity index (χ1n) is 4.99. The molecule has 1 aromatic rings. The zero-order valence-electron chi connectivity index (χ0n) is 8.82. The Morgan fingerprint density at radius 1 is 1.31 bits per heavy atom. The number of sulfonamides is 1. The maximum absolute atomic E-state index is 12.8. The van der Waals surface area contributed by atoms with Gasteiger partial charge in [-0.25, -0.2) is 12.8 Å². The fourth-order valence-corrected chi connectivity index (χ4v) is 2.39. The summed E-state index contributed by atoms with van der Waals surface area (Å²) in [5.41, 5.74) is 5.51. The van der Waals surface area contributed by atoms with Crippen molar-refractivity contribution in [2.75, 3.05) is 17.0 Å². The van der Waals surface area contributed by atoms with Gasteiger partial charge in [0.05, 0.1) is 11.4 Å². The molecule has 1 rings (SSSR count). The molecule has 4 nitrogen and oxygen atoms in total. The lowest BCUT2D eigenvalue weighted by molar-refractivity contribution is 0.597. The fourth-order valence-electron chi connectivity index (χ4n) is 1.22. The van der Waals surface area contributed by atoms with E-state index in [1.165, 1.54) is 18.2 Å². The SMILES string of the molecule is NCCCCS(=O)(=O)Nc1cccc(F)c1. The number of nitrogens with two attached hydrogens (primary N) is 1. The lowest BCUT2D eigenvalue weighted by Crippen LogP contribution is -2.17. The van der Waals surface area contributed by atoms with Crippen molar-refractivity contribution in [3.05, 3.63) is 30.1 Å². The number of unbranched alkanes of at least 4 members (excludes halogenated alkanes) is 1. The number of anilines is 1. The van der Waals surface area contributed by atoms with Crippen molar-refractivity contribution in [2.24, 2.45) is 5.73 Å². The van der Waals surface area contributed by atoms with E-state index in [1.807, 2.05) is 0 Å². The minimum Gasteiger partial charge on any atom is -0.330 e. The molecule has 1 aromatic carbocycles. The monoisotopic (exact) mass is 246 g/mol. The molecule has 0 fully saturated rings. The highest BCUT2D eigenvalue weighted by Crippen LogP contribution is 2.11. The van der Waals surface area contributed by atoms with Crippen LogP contribution in [0, 0.1) is 5.82 Å². The lowest BCUT2D eigenvalue weighted by Gasteiger charge is -2.07. The van der Waals surface area contributed by atoms with Gasteiger partial charge in [0.1, 0.15) is 5.82 Å². The molecule has 90 valence electrons. The van der Waals surface area contributed by atoms with E-state index in [0.29, 0.717) is 19.4 Å². The minimum atomic E-state index is -3.40. The van der Waals surface area contributed by atoms with E-state index in [-0.39, 0.29) is 11.4 Å². The van der Waals surface area contributed by atoms with Crippen LogP contribution in [0.15, 0.2) is 24.3 Å². The Bertz CT molecular complexity index is 434. The number of benzene rings is 1. The summed E-state index contributed by atoms with van der Waals surface area (Å²) < 4.78 is 38.1. The zero-order valence-corrected chi connectivity index (χ0v) is 9.63. The Morgan fingerprint density at radius 2 is 2.06 bits per heavy atom. The predicted octanol–water partition coefficient (Wildman–Crippen LogP) is 1.31. The van der Waals surface area contributed by atoms with Crippen LogP contribution in [-0.4, -0.2) is 20.7 Å². The zero-order chi connectivity index (χ0) is 12.0. The number of nitrogens with one attached hydrogen (secondary N) is 1. The molecule has 0 aliphatic rings. The molecule has 0 amide bonds. The minimum absolute atomic E-state index is 0.000708. The molecule has 0 saturated heterocycles. The summed E-state index contributed by atoms with van der Waals surface area (Å²) in [6.45, 7) is 0.468. The van der Waals surface area contributed by atoms with Crippen molar-refractivity contribution in [1.29, 1.82) is 0 Å². The third-order valence-electron chi connectivity index (χ3n) is 1.97. The van der Waals surface area contributed by atoms with Gasteiger partial charge in [0, 0.05) is 0 Å². The summed E-state index contributed by atoms with van der Waals surface area (Å²) in [5, 5.41) is 0. The van der Waals surface area contributed by atoms with Gasteiger partial charge >= 0.3 is 0 Å². The van der Waals surface area contributed by atoms with Crippen LogP contribution in [0.3, 0.4) is 0 Å². The maximum atomic E-state index is 12.8. The molecular weight excluding hydrogens is 231 g/mol. The molecule has 16 heavy (non-hydrogen) atoms. The van der Waals surface area contributed by atoms with Crippen molar-refractivity contribution in [3.8, 4) is 0 Å². The Morgan fingerprint density at radius 3 is 2.69 bits per heavy atom. The topological polar surface area (TPSA) is 72.2 Å². The first-order chi connectivity index (χ1) is 7.53. The van der Waals surface area contributed by atoms with E-state index in [0.717, 1.165) is 6.07 Å². The van der Waals surface area contributed by atoms with E-state index in [2.05, 4.69) is 4.72 Å². The van der Waals surface area contributed by atoms with Crippen molar-refractivity contribution in [3.63, 3.8) is 0 Å². The molecule has 0 atom stereocenters. The van der Waals surface area contributed by atoms with Gasteiger partial charge < -0.3 is 5.73 Å². The largest absolute Gasteiger partial charge is 0.330 e. The van der Waals surface area contributed by atoms with E-state index < -0.39 is 15.8 Å². The van der Waals surface area contributed by atoms with Crippen LogP contribution < -0.4 is 10.5 Å². The Hall–Kier alpha value is -1.14. The molecule has 0 unspecified atom stereocenters. The normalized spacial score (nSPS) is 11.4. The standard InChI is InChI=1S/C10H15FN2O2S/c11-9-4-3-5-10(8-9)13-16(14,15)7-2-1-6-12/h3-5,8,13H,1-2,6-7,12H2. The quantitative estimate of drug-likeness (QED) is 0.743. The number of rotatable bonds is 6. The number of hydrogen-bond donors (Lipinski definition) is 2. The molecule has 0 heterocycles. The average Bonchev–Trinajstić information content (AvgIpc) is 2.17. The van der Waals surface area contributed by atoms with Crippen LogP contribution in [0.2, 0.25) is 0 Å². The molecule has 0 bridgehead atoms. The van der Waals surface area contributed by atoms with Gasteiger partial charge in [-0.05, 0) is 37.6 Å². The summed E-state index contributed by atoms with van der Waals surface area (Å²) in [5.74, 6) is -0.470. The van der Waals surface area contributed by atoms with Crippen LogP contribution >= 0.6 is 0 Å². The van der Waals surface area contributed by atoms with Crippen LogP contribution in [0.4, 0.5) is 10.1 Å². The smallest absolute Gasteiger partial charge is 0.232 e. The average molecular weight is 246 g/mol. The Balaban J connectivity index is 2.59. The second-order valence-electron chi connectivity index (χ2n) is 3.43. The van der Waals surface area contributed by atoms with Gasteiger partial charge in [0.15, 0.2) is 0 Å². The van der Waals surface area contributed by atoms with Gasteiger partial charge in [0.2, 0.25) is 10.0 Å². The van der Waals surface area contributed by atoms with Gasteiger partial charge in [-0.15, -0.1) is 0 Å². The Kier molecular flexibility index (Phi) is 4.70. The predicted molar refractivity (Wildman–Crippen MR) is 62.1 cm³/mol.